The van der Waals surface area contributed by atoms with E-state index in [1.54, 1.807) is 13.8 Å². The molecule has 152 valence electrons. The molecule has 0 aliphatic rings. The molecule has 6 nitrogen and oxygen atoms in total. The lowest BCUT2D eigenvalue weighted by atomic mass is 10.1. The Morgan fingerprint density at radius 2 is 1.90 bits per heavy atom. The quantitative estimate of drug-likeness (QED) is 0.546. The molecule has 0 aliphatic carbocycles. The minimum Gasteiger partial charge on any atom is -0.462 e. The second kappa shape index (κ2) is 9.28. The summed E-state index contributed by atoms with van der Waals surface area (Å²) in [4.78, 5) is 30.9. The van der Waals surface area contributed by atoms with Gasteiger partial charge in [-0.1, -0.05) is 25.1 Å². The van der Waals surface area contributed by atoms with Crippen molar-refractivity contribution in [2.75, 3.05) is 11.9 Å². The van der Waals surface area contributed by atoms with Gasteiger partial charge in [-0.05, 0) is 50.4 Å². The van der Waals surface area contributed by atoms with E-state index in [4.69, 9.17) is 4.74 Å². The fourth-order valence-electron chi connectivity index (χ4n) is 3.01. The van der Waals surface area contributed by atoms with Gasteiger partial charge in [0.2, 0.25) is 0 Å². The predicted molar refractivity (Wildman–Crippen MR) is 116 cm³/mol. The molecule has 1 N–H and O–H groups in total. The van der Waals surface area contributed by atoms with E-state index in [-0.39, 0.29) is 11.9 Å². The lowest BCUT2D eigenvalue weighted by molar-refractivity contribution is 0.0531. The highest BCUT2D eigenvalue weighted by Gasteiger charge is 2.22. The molecule has 0 fully saturated rings. The van der Waals surface area contributed by atoms with Gasteiger partial charge in [-0.2, -0.15) is 4.37 Å². The van der Waals surface area contributed by atoms with E-state index in [0.717, 1.165) is 27.6 Å². The average Bonchev–Trinajstić information content (AvgIpc) is 3.24. The molecule has 29 heavy (non-hydrogen) atoms. The second-order valence-corrected chi connectivity index (χ2v) is 8.39. The van der Waals surface area contributed by atoms with E-state index < -0.39 is 0 Å². The van der Waals surface area contributed by atoms with Crippen LogP contribution in [0.4, 0.5) is 5.69 Å². The SMILES string of the molecule is CCOC(=O)c1sc(Cc2snc(C)c2C(=O)Nc2ccccc2CC)nc1C. The van der Waals surface area contributed by atoms with Crippen molar-refractivity contribution in [1.29, 1.82) is 0 Å². The average molecular weight is 430 g/mol. The van der Waals surface area contributed by atoms with Crippen molar-refractivity contribution < 1.29 is 14.3 Å². The van der Waals surface area contributed by atoms with Crippen molar-refractivity contribution in [3.63, 3.8) is 0 Å². The lowest BCUT2D eigenvalue weighted by Gasteiger charge is -2.10. The van der Waals surface area contributed by atoms with Gasteiger partial charge in [0.25, 0.3) is 5.91 Å². The van der Waals surface area contributed by atoms with Gasteiger partial charge in [0.1, 0.15) is 4.88 Å². The summed E-state index contributed by atoms with van der Waals surface area (Å²) in [5.41, 5.74) is 3.80. The summed E-state index contributed by atoms with van der Waals surface area (Å²) >= 11 is 2.60. The summed E-state index contributed by atoms with van der Waals surface area (Å²) in [6, 6.07) is 7.78. The van der Waals surface area contributed by atoms with Crippen LogP contribution >= 0.6 is 22.9 Å². The molecule has 2 heterocycles. The predicted octanol–water partition coefficient (Wildman–Crippen LogP) is 4.80. The minimum absolute atomic E-state index is 0.175. The topological polar surface area (TPSA) is 81.2 Å². The van der Waals surface area contributed by atoms with E-state index in [0.29, 0.717) is 34.9 Å². The Hall–Kier alpha value is -2.58. The number of benzene rings is 1. The number of esters is 1. The van der Waals surface area contributed by atoms with Crippen LogP contribution in [0.25, 0.3) is 0 Å². The lowest BCUT2D eigenvalue weighted by Crippen LogP contribution is -2.15. The molecule has 0 bridgehead atoms. The second-order valence-electron chi connectivity index (χ2n) is 6.45. The number of rotatable bonds is 7. The molecule has 1 aromatic carbocycles. The Labute approximate surface area is 178 Å². The standard InChI is InChI=1S/C21H23N3O3S2/c1-5-14-9-7-8-10-15(14)23-20(25)18-12(3)24-29-16(18)11-17-22-13(4)19(28-17)21(26)27-6-2/h7-10H,5-6,11H2,1-4H3,(H,23,25). The van der Waals surface area contributed by atoms with Crippen LogP contribution in [0.3, 0.4) is 0 Å². The smallest absolute Gasteiger partial charge is 0.350 e. The Morgan fingerprint density at radius 1 is 1.14 bits per heavy atom. The first-order chi connectivity index (χ1) is 13.9. The number of hydrogen-bond donors (Lipinski definition) is 1. The molecule has 0 saturated carbocycles. The third-order valence-electron chi connectivity index (χ3n) is 4.42. The molecule has 3 rings (SSSR count). The van der Waals surface area contributed by atoms with Crippen LogP contribution in [0.5, 0.6) is 0 Å². The summed E-state index contributed by atoms with van der Waals surface area (Å²) in [6.45, 7) is 7.77. The number of para-hydroxylation sites is 1. The molecule has 0 saturated heterocycles. The van der Waals surface area contributed by atoms with E-state index in [1.165, 1.54) is 22.9 Å². The zero-order valence-electron chi connectivity index (χ0n) is 16.9. The third-order valence-corrected chi connectivity index (χ3v) is 6.49. The zero-order valence-corrected chi connectivity index (χ0v) is 18.5. The molecule has 0 radical (unpaired) electrons. The number of carbonyl (C=O) groups is 2. The van der Waals surface area contributed by atoms with Gasteiger partial charge in [0.05, 0.1) is 28.6 Å². The minimum atomic E-state index is -0.358. The number of aryl methyl sites for hydroxylation is 3. The first-order valence-electron chi connectivity index (χ1n) is 9.42. The largest absolute Gasteiger partial charge is 0.462 e. The Morgan fingerprint density at radius 3 is 2.62 bits per heavy atom. The number of anilines is 1. The molecule has 3 aromatic rings. The van der Waals surface area contributed by atoms with E-state index in [1.807, 2.05) is 31.2 Å². The highest BCUT2D eigenvalue weighted by molar-refractivity contribution is 7.14. The molecule has 2 aromatic heterocycles. The zero-order chi connectivity index (χ0) is 21.0. The van der Waals surface area contributed by atoms with E-state index in [9.17, 15) is 9.59 Å². The molecule has 0 spiro atoms. The first kappa shape index (κ1) is 21.1. The van der Waals surface area contributed by atoms with Crippen molar-refractivity contribution >= 4 is 40.4 Å². The summed E-state index contributed by atoms with van der Waals surface area (Å²) in [7, 11) is 0. The van der Waals surface area contributed by atoms with Crippen molar-refractivity contribution in [3.8, 4) is 0 Å². The highest BCUT2D eigenvalue weighted by Crippen LogP contribution is 2.27. The van der Waals surface area contributed by atoms with E-state index >= 15 is 0 Å². The van der Waals surface area contributed by atoms with Crippen LogP contribution in [0.15, 0.2) is 24.3 Å². The van der Waals surface area contributed by atoms with Gasteiger partial charge in [0, 0.05) is 17.0 Å². The molecule has 0 unspecified atom stereocenters. The fourth-order valence-corrected chi connectivity index (χ4v) is 4.95. The Balaban J connectivity index is 1.84. The molecule has 8 heteroatoms. The number of nitrogens with zero attached hydrogens (tertiary/aromatic N) is 2. The molecular formula is C21H23N3O3S2. The van der Waals surface area contributed by atoms with Gasteiger partial charge in [-0.15, -0.1) is 11.3 Å². The van der Waals surface area contributed by atoms with E-state index in [2.05, 4.69) is 21.6 Å². The number of nitrogens with one attached hydrogen (secondary N) is 1. The van der Waals surface area contributed by atoms with Crippen LogP contribution < -0.4 is 5.32 Å². The molecule has 0 atom stereocenters. The summed E-state index contributed by atoms with van der Waals surface area (Å²) in [5.74, 6) is -0.533. The molecule has 1 amide bonds. The maximum atomic E-state index is 13.0. The Bertz CT molecular complexity index is 1040. The van der Waals surface area contributed by atoms with Crippen molar-refractivity contribution in [2.45, 2.75) is 40.5 Å². The molecular weight excluding hydrogens is 406 g/mol. The van der Waals surface area contributed by atoms with Crippen molar-refractivity contribution in [3.05, 3.63) is 61.5 Å². The maximum Gasteiger partial charge on any atom is 0.350 e. The number of carbonyl (C=O) groups excluding carboxylic acids is 2. The summed E-state index contributed by atoms with van der Waals surface area (Å²) in [6.07, 6.45) is 1.29. The Kier molecular flexibility index (Phi) is 6.76. The monoisotopic (exact) mass is 429 g/mol. The van der Waals surface area contributed by atoms with Crippen LogP contribution in [0.2, 0.25) is 0 Å². The van der Waals surface area contributed by atoms with Gasteiger partial charge in [-0.25, -0.2) is 9.78 Å². The first-order valence-corrected chi connectivity index (χ1v) is 11.0. The maximum absolute atomic E-state index is 13.0. The fraction of sp³-hybridized carbons (Fsp3) is 0.333. The third kappa shape index (κ3) is 4.71. The van der Waals surface area contributed by atoms with Crippen molar-refractivity contribution in [1.82, 2.24) is 9.36 Å². The normalized spacial score (nSPS) is 10.8. The number of amides is 1. The van der Waals surface area contributed by atoms with Gasteiger partial charge in [-0.3, -0.25) is 4.79 Å². The summed E-state index contributed by atoms with van der Waals surface area (Å²) in [5, 5.41) is 3.78. The van der Waals surface area contributed by atoms with Crippen LogP contribution in [0, 0.1) is 13.8 Å². The number of ether oxygens (including phenoxy) is 1. The molecule has 0 aliphatic heterocycles. The number of aromatic nitrogens is 2. The van der Waals surface area contributed by atoms with Crippen LogP contribution in [-0.4, -0.2) is 27.8 Å². The van der Waals surface area contributed by atoms with Gasteiger partial charge in [0.15, 0.2) is 0 Å². The van der Waals surface area contributed by atoms with Gasteiger partial charge < -0.3 is 10.1 Å². The van der Waals surface area contributed by atoms with Crippen LogP contribution in [-0.2, 0) is 17.6 Å². The highest BCUT2D eigenvalue weighted by atomic mass is 32.1. The van der Waals surface area contributed by atoms with Gasteiger partial charge >= 0.3 is 5.97 Å². The van der Waals surface area contributed by atoms with Crippen molar-refractivity contribution in [2.24, 2.45) is 0 Å². The van der Waals surface area contributed by atoms with Crippen LogP contribution in [0.1, 0.15) is 60.7 Å². The summed E-state index contributed by atoms with van der Waals surface area (Å²) < 4.78 is 9.46. The number of hydrogen-bond acceptors (Lipinski definition) is 7. The number of thiazole rings is 1.